The summed E-state index contributed by atoms with van der Waals surface area (Å²) in [5.74, 6) is 0.860. The Labute approximate surface area is 126 Å². The van der Waals surface area contributed by atoms with Crippen LogP contribution in [0.25, 0.3) is 0 Å². The van der Waals surface area contributed by atoms with E-state index >= 15 is 0 Å². The van der Waals surface area contributed by atoms with E-state index in [1.165, 1.54) is 19.3 Å². The topological polar surface area (TPSA) is 44.5 Å². The van der Waals surface area contributed by atoms with E-state index in [4.69, 9.17) is 26.8 Å². The van der Waals surface area contributed by atoms with E-state index in [1.54, 1.807) is 7.11 Å². The second kappa shape index (κ2) is 7.87. The van der Waals surface area contributed by atoms with Gasteiger partial charge in [0.1, 0.15) is 5.75 Å². The number of hydrogen-bond donors (Lipinski definition) is 1. The lowest BCUT2D eigenvalue weighted by atomic mass is 9.97. The van der Waals surface area contributed by atoms with E-state index in [0.717, 1.165) is 42.2 Å². The van der Waals surface area contributed by atoms with Gasteiger partial charge in [0.2, 0.25) is 0 Å². The third-order valence-corrected chi connectivity index (χ3v) is 4.09. The SMILES string of the molecule is COc1ccc(Cl)cc1CC(N)CCC1CCCCO1. The van der Waals surface area contributed by atoms with Gasteiger partial charge in [-0.2, -0.15) is 0 Å². The van der Waals surface area contributed by atoms with Crippen LogP contribution in [0.3, 0.4) is 0 Å². The molecule has 1 aliphatic heterocycles. The van der Waals surface area contributed by atoms with Gasteiger partial charge in [0.15, 0.2) is 0 Å². The van der Waals surface area contributed by atoms with E-state index in [2.05, 4.69) is 0 Å². The predicted molar refractivity (Wildman–Crippen MR) is 82.5 cm³/mol. The number of methoxy groups -OCH3 is 1. The Hall–Kier alpha value is -0.770. The smallest absolute Gasteiger partial charge is 0.122 e. The first-order valence-electron chi connectivity index (χ1n) is 7.38. The maximum Gasteiger partial charge on any atom is 0.122 e. The number of benzene rings is 1. The molecule has 0 radical (unpaired) electrons. The highest BCUT2D eigenvalue weighted by molar-refractivity contribution is 6.30. The summed E-state index contributed by atoms with van der Waals surface area (Å²) in [6, 6.07) is 5.80. The Kier molecular flexibility index (Phi) is 6.14. The summed E-state index contributed by atoms with van der Waals surface area (Å²) in [6.07, 6.45) is 6.86. The van der Waals surface area contributed by atoms with Crippen molar-refractivity contribution in [3.8, 4) is 5.75 Å². The Morgan fingerprint density at radius 3 is 3.00 bits per heavy atom. The van der Waals surface area contributed by atoms with Crippen LogP contribution in [0.5, 0.6) is 5.75 Å². The van der Waals surface area contributed by atoms with Crippen LogP contribution in [-0.4, -0.2) is 25.9 Å². The molecule has 0 amide bonds. The Bertz CT molecular complexity index is 419. The van der Waals surface area contributed by atoms with Crippen molar-refractivity contribution in [2.24, 2.45) is 5.73 Å². The van der Waals surface area contributed by atoms with Crippen molar-refractivity contribution in [1.29, 1.82) is 0 Å². The second-order valence-corrected chi connectivity index (χ2v) is 5.92. The Balaban J connectivity index is 1.84. The van der Waals surface area contributed by atoms with Crippen molar-refractivity contribution in [3.05, 3.63) is 28.8 Å². The van der Waals surface area contributed by atoms with Crippen molar-refractivity contribution < 1.29 is 9.47 Å². The lowest BCUT2D eigenvalue weighted by molar-refractivity contribution is 0.00915. The highest BCUT2D eigenvalue weighted by Crippen LogP contribution is 2.25. The molecule has 2 rings (SSSR count). The van der Waals surface area contributed by atoms with E-state index < -0.39 is 0 Å². The maximum absolute atomic E-state index is 6.24. The standard InChI is InChI=1S/C16H24ClNO2/c1-19-16-8-5-13(17)10-12(16)11-14(18)6-7-15-4-2-3-9-20-15/h5,8,10,14-15H,2-4,6-7,9,11,18H2,1H3. The molecule has 0 bridgehead atoms. The number of halogens is 1. The first kappa shape index (κ1) is 15.6. The van der Waals surface area contributed by atoms with E-state index in [-0.39, 0.29) is 6.04 Å². The molecule has 1 aliphatic rings. The molecule has 112 valence electrons. The first-order valence-corrected chi connectivity index (χ1v) is 7.76. The Morgan fingerprint density at radius 1 is 1.45 bits per heavy atom. The van der Waals surface area contributed by atoms with Gasteiger partial charge >= 0.3 is 0 Å². The minimum atomic E-state index is 0.118. The van der Waals surface area contributed by atoms with Crippen molar-refractivity contribution in [2.45, 2.75) is 50.7 Å². The zero-order chi connectivity index (χ0) is 14.4. The molecule has 0 aromatic heterocycles. The molecular formula is C16H24ClNO2. The second-order valence-electron chi connectivity index (χ2n) is 5.49. The number of hydrogen-bond acceptors (Lipinski definition) is 3. The normalized spacial score (nSPS) is 20.6. The molecule has 0 spiro atoms. The molecule has 2 unspecified atom stereocenters. The summed E-state index contributed by atoms with van der Waals surface area (Å²) in [5.41, 5.74) is 7.32. The molecule has 1 fully saturated rings. The summed E-state index contributed by atoms with van der Waals surface area (Å²) >= 11 is 6.04. The van der Waals surface area contributed by atoms with Gasteiger partial charge in [-0.15, -0.1) is 0 Å². The minimum absolute atomic E-state index is 0.118. The van der Waals surface area contributed by atoms with Gasteiger partial charge in [-0.25, -0.2) is 0 Å². The van der Waals surface area contributed by atoms with Crippen LogP contribution in [0.15, 0.2) is 18.2 Å². The molecule has 4 heteroatoms. The molecule has 1 aromatic carbocycles. The zero-order valence-corrected chi connectivity index (χ0v) is 12.9. The van der Waals surface area contributed by atoms with Gasteiger partial charge in [-0.1, -0.05) is 11.6 Å². The average molecular weight is 298 g/mol. The van der Waals surface area contributed by atoms with Gasteiger partial charge in [-0.05, 0) is 62.3 Å². The van der Waals surface area contributed by atoms with Gasteiger partial charge in [0.25, 0.3) is 0 Å². The largest absolute Gasteiger partial charge is 0.496 e. The van der Waals surface area contributed by atoms with Gasteiger partial charge in [0, 0.05) is 17.7 Å². The monoisotopic (exact) mass is 297 g/mol. The van der Waals surface area contributed by atoms with Crippen LogP contribution in [0.4, 0.5) is 0 Å². The van der Waals surface area contributed by atoms with Crippen molar-refractivity contribution in [3.63, 3.8) is 0 Å². The molecule has 1 saturated heterocycles. The number of rotatable bonds is 6. The average Bonchev–Trinajstić information content (AvgIpc) is 2.46. The molecule has 20 heavy (non-hydrogen) atoms. The van der Waals surface area contributed by atoms with Crippen LogP contribution in [0.1, 0.15) is 37.7 Å². The molecule has 0 saturated carbocycles. The lowest BCUT2D eigenvalue weighted by Crippen LogP contribution is -2.27. The van der Waals surface area contributed by atoms with Crippen LogP contribution in [0, 0.1) is 0 Å². The molecule has 0 aliphatic carbocycles. The van der Waals surface area contributed by atoms with Crippen molar-refractivity contribution >= 4 is 11.6 Å². The number of nitrogens with two attached hydrogens (primary N) is 1. The third-order valence-electron chi connectivity index (χ3n) is 3.86. The van der Waals surface area contributed by atoms with Gasteiger partial charge in [-0.3, -0.25) is 0 Å². The quantitative estimate of drug-likeness (QED) is 0.873. The Morgan fingerprint density at radius 2 is 2.30 bits per heavy atom. The maximum atomic E-state index is 6.24. The summed E-state index contributed by atoms with van der Waals surface area (Å²) < 4.78 is 11.1. The van der Waals surface area contributed by atoms with Crippen molar-refractivity contribution in [1.82, 2.24) is 0 Å². The molecule has 3 nitrogen and oxygen atoms in total. The van der Waals surface area contributed by atoms with E-state index in [9.17, 15) is 0 Å². The summed E-state index contributed by atoms with van der Waals surface area (Å²) in [7, 11) is 1.67. The summed E-state index contributed by atoms with van der Waals surface area (Å²) in [6.45, 7) is 0.905. The van der Waals surface area contributed by atoms with Crippen molar-refractivity contribution in [2.75, 3.05) is 13.7 Å². The van der Waals surface area contributed by atoms with E-state index in [1.807, 2.05) is 18.2 Å². The fraction of sp³-hybridized carbons (Fsp3) is 0.625. The minimum Gasteiger partial charge on any atom is -0.496 e. The van der Waals surface area contributed by atoms with Gasteiger partial charge < -0.3 is 15.2 Å². The lowest BCUT2D eigenvalue weighted by Gasteiger charge is -2.24. The fourth-order valence-corrected chi connectivity index (χ4v) is 2.92. The highest BCUT2D eigenvalue weighted by Gasteiger charge is 2.16. The van der Waals surface area contributed by atoms with Crippen LogP contribution < -0.4 is 10.5 Å². The van der Waals surface area contributed by atoms with Crippen LogP contribution in [0.2, 0.25) is 5.02 Å². The molecule has 1 aromatic rings. The zero-order valence-electron chi connectivity index (χ0n) is 12.1. The van der Waals surface area contributed by atoms with Crippen LogP contribution in [-0.2, 0) is 11.2 Å². The van der Waals surface area contributed by atoms with E-state index in [0.29, 0.717) is 6.10 Å². The van der Waals surface area contributed by atoms with Crippen LogP contribution >= 0.6 is 11.6 Å². The molecule has 1 heterocycles. The molecule has 2 atom stereocenters. The summed E-state index contributed by atoms with van der Waals surface area (Å²) in [5, 5.41) is 0.726. The molecular weight excluding hydrogens is 274 g/mol. The summed E-state index contributed by atoms with van der Waals surface area (Å²) in [4.78, 5) is 0. The number of ether oxygens (including phenoxy) is 2. The predicted octanol–water partition coefficient (Wildman–Crippen LogP) is 3.57. The third kappa shape index (κ3) is 4.65. The highest BCUT2D eigenvalue weighted by atomic mass is 35.5. The molecule has 2 N–H and O–H groups in total. The fourth-order valence-electron chi connectivity index (χ4n) is 2.73. The first-order chi connectivity index (χ1) is 9.69. The van der Waals surface area contributed by atoms with Gasteiger partial charge in [0.05, 0.1) is 13.2 Å².